The van der Waals surface area contributed by atoms with Gasteiger partial charge in [0, 0.05) is 14.1 Å². The largest absolute Gasteiger partial charge is 0.309 e. The first-order valence-corrected chi connectivity index (χ1v) is 15.0. The molecule has 0 spiro atoms. The van der Waals surface area contributed by atoms with Crippen LogP contribution in [0.4, 0.5) is 0 Å². The van der Waals surface area contributed by atoms with Crippen molar-refractivity contribution in [2.24, 2.45) is 0 Å². The molecule has 0 amide bonds. The van der Waals surface area contributed by atoms with Crippen LogP contribution >= 0.6 is 38.9 Å². The average Bonchev–Trinajstić information content (AvgIpc) is 2.90. The number of benzene rings is 4. The number of hydrogen-bond acceptors (Lipinski definition) is 2. The quantitative estimate of drug-likeness (QED) is 0.240. The maximum Gasteiger partial charge on any atom is 0.0235 e. The summed E-state index contributed by atoms with van der Waals surface area (Å²) in [5, 5.41) is 22.2. The van der Waals surface area contributed by atoms with Gasteiger partial charge < -0.3 is 10.3 Å². The van der Waals surface area contributed by atoms with Crippen molar-refractivity contribution < 1.29 is 0 Å². The molecule has 4 aromatic carbocycles. The van der Waals surface area contributed by atoms with E-state index in [0.717, 1.165) is 12.3 Å². The van der Waals surface area contributed by atoms with E-state index in [0.29, 0.717) is 0 Å². The molecule has 0 heterocycles. The van der Waals surface area contributed by atoms with Gasteiger partial charge in [-0.05, 0) is 33.5 Å². The minimum absolute atomic E-state index is 0. The first-order chi connectivity index (χ1) is 15.5. The van der Waals surface area contributed by atoms with Crippen molar-refractivity contribution in [3.63, 3.8) is 0 Å². The fourth-order valence-corrected chi connectivity index (χ4v) is 8.54. The van der Waals surface area contributed by atoms with Gasteiger partial charge in [-0.25, -0.2) is 0 Å². The molecule has 180 valence electrons. The van der Waals surface area contributed by atoms with Gasteiger partial charge in [-0.2, -0.15) is 0 Å². The van der Waals surface area contributed by atoms with Crippen LogP contribution in [-0.4, -0.2) is 12.3 Å². The third-order valence-electron chi connectivity index (χ3n) is 5.74. The van der Waals surface area contributed by atoms with Gasteiger partial charge in [-0.3, -0.25) is 0 Å². The Hall–Kier alpha value is -2.08. The van der Waals surface area contributed by atoms with Crippen molar-refractivity contribution in [1.29, 1.82) is 10.3 Å². The Morgan fingerprint density at radius 2 is 0.588 bits per heavy atom. The Morgan fingerprint density at radius 3 is 0.735 bits per heavy atom. The van der Waals surface area contributed by atoms with Crippen LogP contribution in [0.25, 0.3) is 0 Å². The zero-order valence-corrected chi connectivity index (χ0v) is 23.1. The highest BCUT2D eigenvalue weighted by molar-refractivity contribution is 7.80. The van der Waals surface area contributed by atoms with E-state index in [4.69, 9.17) is 10.3 Å². The molecule has 6 heteroatoms. The fraction of sp³-hybridized carbons (Fsp3) is 0.143. The molecule has 0 saturated carbocycles. The molecule has 2 N–H and O–H groups in total. The van der Waals surface area contributed by atoms with Crippen molar-refractivity contribution in [1.82, 2.24) is 0 Å². The Kier molecular flexibility index (Phi) is 12.6. The van der Waals surface area contributed by atoms with Gasteiger partial charge >= 0.3 is 0 Å². The van der Waals surface area contributed by atoms with Crippen LogP contribution in [0.2, 0.25) is 0 Å². The monoisotopic (exact) mass is 530 g/mol. The Balaban J connectivity index is 0.000000321. The zero-order chi connectivity index (χ0) is 22.9. The normalized spacial score (nSPS) is 10.6. The molecule has 0 unspecified atom stereocenters. The molecule has 0 saturated heterocycles. The smallest absolute Gasteiger partial charge is 0.0235 e. The SMILES string of the molecule is CCP(=N)(c1ccccc1)c1ccccc1.CCP(=N)(c1ccccc1)c1ccccc1.Cl.Cl. The summed E-state index contributed by atoms with van der Waals surface area (Å²) >= 11 is 0. The predicted molar refractivity (Wildman–Crippen MR) is 159 cm³/mol. The lowest BCUT2D eigenvalue weighted by molar-refractivity contribution is 1.44. The van der Waals surface area contributed by atoms with Crippen molar-refractivity contribution in [2.45, 2.75) is 13.8 Å². The molecular formula is C28H34Cl2N2P2. The summed E-state index contributed by atoms with van der Waals surface area (Å²) < 4.78 is 0. The Bertz CT molecular complexity index is 1000. The summed E-state index contributed by atoms with van der Waals surface area (Å²) in [6, 6.07) is 40.9. The predicted octanol–water partition coefficient (Wildman–Crippen LogP) is 7.72. The summed E-state index contributed by atoms with van der Waals surface area (Å²) in [6.07, 6.45) is 1.78. The summed E-state index contributed by atoms with van der Waals surface area (Å²) in [4.78, 5) is 0. The van der Waals surface area contributed by atoms with Crippen molar-refractivity contribution in [2.75, 3.05) is 12.3 Å². The van der Waals surface area contributed by atoms with E-state index in [1.807, 2.05) is 72.8 Å². The van der Waals surface area contributed by atoms with Gasteiger partial charge in [0.1, 0.15) is 0 Å². The summed E-state index contributed by atoms with van der Waals surface area (Å²) in [6.45, 7) is 4.22. The number of hydrogen-bond donors (Lipinski definition) is 2. The minimum Gasteiger partial charge on any atom is -0.309 e. The van der Waals surface area contributed by atoms with Gasteiger partial charge in [-0.1, -0.05) is 135 Å². The minimum atomic E-state index is -1.90. The lowest BCUT2D eigenvalue weighted by atomic mass is 10.4. The van der Waals surface area contributed by atoms with Crippen LogP contribution in [0, 0.1) is 10.3 Å². The van der Waals surface area contributed by atoms with Gasteiger partial charge in [0.2, 0.25) is 0 Å². The fourth-order valence-electron chi connectivity index (χ4n) is 3.76. The van der Waals surface area contributed by atoms with Crippen LogP contribution in [0.15, 0.2) is 121 Å². The van der Waals surface area contributed by atoms with E-state index in [2.05, 4.69) is 62.4 Å². The molecule has 0 bridgehead atoms. The number of nitrogens with one attached hydrogen (secondary N) is 2. The molecule has 0 aliphatic rings. The molecule has 0 aliphatic carbocycles. The third-order valence-corrected chi connectivity index (χ3v) is 12.4. The molecule has 0 radical (unpaired) electrons. The molecule has 4 rings (SSSR count). The molecule has 0 atom stereocenters. The maximum absolute atomic E-state index is 8.76. The molecule has 2 nitrogen and oxygen atoms in total. The topological polar surface area (TPSA) is 47.7 Å². The lowest BCUT2D eigenvalue weighted by Gasteiger charge is -2.21. The third kappa shape index (κ3) is 6.97. The van der Waals surface area contributed by atoms with Crippen LogP contribution in [0.3, 0.4) is 0 Å². The van der Waals surface area contributed by atoms with Crippen molar-refractivity contribution in [3.8, 4) is 0 Å². The van der Waals surface area contributed by atoms with E-state index in [-0.39, 0.29) is 24.8 Å². The van der Waals surface area contributed by atoms with E-state index in [1.54, 1.807) is 0 Å². The Labute approximate surface area is 217 Å². The highest BCUT2D eigenvalue weighted by Crippen LogP contribution is 2.44. The highest BCUT2D eigenvalue weighted by atomic mass is 35.5. The number of rotatable bonds is 6. The van der Waals surface area contributed by atoms with Crippen LogP contribution in [0.1, 0.15) is 13.8 Å². The second-order valence-corrected chi connectivity index (χ2v) is 14.2. The van der Waals surface area contributed by atoms with Crippen LogP contribution in [-0.2, 0) is 0 Å². The van der Waals surface area contributed by atoms with Gasteiger partial charge in [0.15, 0.2) is 0 Å². The summed E-state index contributed by atoms with van der Waals surface area (Å²) in [5.41, 5.74) is 0. The summed E-state index contributed by atoms with van der Waals surface area (Å²) in [7, 11) is -3.81. The molecule has 0 aromatic heterocycles. The first kappa shape index (κ1) is 30.0. The zero-order valence-electron chi connectivity index (χ0n) is 19.7. The van der Waals surface area contributed by atoms with Crippen LogP contribution in [0.5, 0.6) is 0 Å². The van der Waals surface area contributed by atoms with E-state index in [9.17, 15) is 0 Å². The van der Waals surface area contributed by atoms with Gasteiger partial charge in [0.25, 0.3) is 0 Å². The van der Waals surface area contributed by atoms with Crippen molar-refractivity contribution in [3.05, 3.63) is 121 Å². The summed E-state index contributed by atoms with van der Waals surface area (Å²) in [5.74, 6) is 0. The van der Waals surface area contributed by atoms with Gasteiger partial charge in [-0.15, -0.1) is 24.8 Å². The van der Waals surface area contributed by atoms with E-state index in [1.165, 1.54) is 21.2 Å². The lowest BCUT2D eigenvalue weighted by Crippen LogP contribution is -2.16. The Morgan fingerprint density at radius 1 is 0.412 bits per heavy atom. The molecule has 0 fully saturated rings. The van der Waals surface area contributed by atoms with Crippen LogP contribution < -0.4 is 21.2 Å². The van der Waals surface area contributed by atoms with E-state index < -0.39 is 14.1 Å². The maximum atomic E-state index is 8.76. The standard InChI is InChI=1S/2C14H16NP.2ClH/c2*1-2-16(15,13-9-5-3-6-10-13)14-11-7-4-8-12-14;;/h2*3-12,15H,2H2,1H3;2*1H. The van der Waals surface area contributed by atoms with E-state index >= 15 is 0 Å². The molecule has 34 heavy (non-hydrogen) atoms. The molecule has 0 aliphatic heterocycles. The molecular weight excluding hydrogens is 497 g/mol. The average molecular weight is 531 g/mol. The second kappa shape index (κ2) is 14.3. The molecule has 4 aromatic rings. The highest BCUT2D eigenvalue weighted by Gasteiger charge is 2.20. The van der Waals surface area contributed by atoms with Gasteiger partial charge in [0.05, 0.1) is 0 Å². The van der Waals surface area contributed by atoms with Crippen molar-refractivity contribution >= 4 is 60.1 Å². The number of halogens is 2. The second-order valence-electron chi connectivity index (χ2n) is 7.59. The first-order valence-electron chi connectivity index (χ1n) is 11.0.